The molecule has 1 N–H and O–H groups in total. The number of halogens is 2. The number of amides is 1. The normalized spacial score (nSPS) is 10.6. The van der Waals surface area contributed by atoms with Crippen LogP contribution >= 0.6 is 15.9 Å². The van der Waals surface area contributed by atoms with Crippen molar-refractivity contribution in [2.24, 2.45) is 0 Å². The van der Waals surface area contributed by atoms with E-state index >= 15 is 0 Å². The van der Waals surface area contributed by atoms with E-state index in [1.165, 1.54) is 6.07 Å². The molecule has 2 aromatic carbocycles. The highest BCUT2D eigenvalue weighted by Crippen LogP contribution is 2.11. The number of carbonyl (C=O) groups excluding carboxylic acids is 1. The van der Waals surface area contributed by atoms with Gasteiger partial charge < -0.3 is 5.32 Å². The highest BCUT2D eigenvalue weighted by molar-refractivity contribution is 9.10. The molecule has 0 fully saturated rings. The molecule has 1 heterocycles. The SMILES string of the molecule is O=C(NCc1ccccc1F)c1ccc(Cn2cc(Br)cn2)cc1. The van der Waals surface area contributed by atoms with E-state index in [4.69, 9.17) is 0 Å². The fourth-order valence-corrected chi connectivity index (χ4v) is 2.62. The number of aromatic nitrogens is 2. The zero-order valence-corrected chi connectivity index (χ0v) is 14.3. The molecular weight excluding hydrogens is 373 g/mol. The van der Waals surface area contributed by atoms with Crippen molar-refractivity contribution >= 4 is 21.8 Å². The van der Waals surface area contributed by atoms with Crippen LogP contribution < -0.4 is 5.32 Å². The maximum atomic E-state index is 13.5. The second-order valence-electron chi connectivity index (χ2n) is 5.33. The van der Waals surface area contributed by atoms with Gasteiger partial charge in [0.2, 0.25) is 0 Å². The summed E-state index contributed by atoms with van der Waals surface area (Å²) in [7, 11) is 0. The van der Waals surface area contributed by atoms with Crippen molar-refractivity contribution in [1.29, 1.82) is 0 Å². The lowest BCUT2D eigenvalue weighted by molar-refractivity contribution is 0.0950. The number of nitrogens with one attached hydrogen (secondary N) is 1. The Labute approximate surface area is 147 Å². The molecular formula is C18H15BrFN3O. The summed E-state index contributed by atoms with van der Waals surface area (Å²) in [6.45, 7) is 0.789. The van der Waals surface area contributed by atoms with Gasteiger partial charge in [0.1, 0.15) is 5.82 Å². The van der Waals surface area contributed by atoms with Crippen molar-refractivity contribution in [2.45, 2.75) is 13.1 Å². The van der Waals surface area contributed by atoms with Gasteiger partial charge in [-0.3, -0.25) is 9.48 Å². The van der Waals surface area contributed by atoms with Gasteiger partial charge in [0.25, 0.3) is 5.91 Å². The highest BCUT2D eigenvalue weighted by atomic mass is 79.9. The zero-order valence-electron chi connectivity index (χ0n) is 12.7. The minimum atomic E-state index is -0.321. The molecule has 0 radical (unpaired) electrons. The topological polar surface area (TPSA) is 46.9 Å². The monoisotopic (exact) mass is 387 g/mol. The molecule has 0 aliphatic rings. The fraction of sp³-hybridized carbons (Fsp3) is 0.111. The molecule has 3 rings (SSSR count). The minimum absolute atomic E-state index is 0.161. The molecule has 4 nitrogen and oxygen atoms in total. The Morgan fingerprint density at radius 1 is 1.17 bits per heavy atom. The molecule has 3 aromatic rings. The molecule has 24 heavy (non-hydrogen) atoms. The van der Waals surface area contributed by atoms with Gasteiger partial charge in [0, 0.05) is 23.9 Å². The molecule has 0 aliphatic heterocycles. The Kier molecular flexibility index (Phi) is 5.05. The van der Waals surface area contributed by atoms with E-state index in [1.54, 1.807) is 41.2 Å². The Bertz CT molecular complexity index is 845. The first-order valence-electron chi connectivity index (χ1n) is 7.40. The quantitative estimate of drug-likeness (QED) is 0.724. The van der Waals surface area contributed by atoms with Gasteiger partial charge in [0.05, 0.1) is 17.2 Å². The summed E-state index contributed by atoms with van der Waals surface area (Å²) >= 11 is 3.35. The van der Waals surface area contributed by atoms with Crippen molar-refractivity contribution in [2.75, 3.05) is 0 Å². The number of rotatable bonds is 5. The summed E-state index contributed by atoms with van der Waals surface area (Å²) in [5.41, 5.74) is 2.04. The lowest BCUT2D eigenvalue weighted by atomic mass is 10.1. The molecule has 6 heteroatoms. The van der Waals surface area contributed by atoms with Crippen LogP contribution in [0.1, 0.15) is 21.5 Å². The largest absolute Gasteiger partial charge is 0.348 e. The van der Waals surface area contributed by atoms with Crippen LogP contribution in [0.2, 0.25) is 0 Å². The first-order chi connectivity index (χ1) is 11.6. The molecule has 122 valence electrons. The average Bonchev–Trinajstić information content (AvgIpc) is 2.99. The number of hydrogen-bond acceptors (Lipinski definition) is 2. The molecule has 0 saturated carbocycles. The lowest BCUT2D eigenvalue weighted by Crippen LogP contribution is -2.23. The summed E-state index contributed by atoms with van der Waals surface area (Å²) in [5.74, 6) is -0.551. The van der Waals surface area contributed by atoms with Crippen LogP contribution in [0.5, 0.6) is 0 Å². The van der Waals surface area contributed by atoms with Gasteiger partial charge >= 0.3 is 0 Å². The van der Waals surface area contributed by atoms with Crippen LogP contribution in [-0.2, 0) is 13.1 Å². The summed E-state index contributed by atoms with van der Waals surface area (Å²) < 4.78 is 16.3. The van der Waals surface area contributed by atoms with E-state index in [2.05, 4.69) is 26.3 Å². The molecule has 0 unspecified atom stereocenters. The third kappa shape index (κ3) is 4.08. The zero-order chi connectivity index (χ0) is 16.9. The van der Waals surface area contributed by atoms with Crippen molar-refractivity contribution in [3.05, 3.63) is 87.9 Å². The van der Waals surface area contributed by atoms with E-state index in [9.17, 15) is 9.18 Å². The van der Waals surface area contributed by atoms with Crippen molar-refractivity contribution in [3.8, 4) is 0 Å². The number of hydrogen-bond donors (Lipinski definition) is 1. The highest BCUT2D eigenvalue weighted by Gasteiger charge is 2.07. The maximum absolute atomic E-state index is 13.5. The summed E-state index contributed by atoms with van der Waals surface area (Å²) in [6, 6.07) is 13.7. The second-order valence-corrected chi connectivity index (χ2v) is 6.24. The van der Waals surface area contributed by atoms with Gasteiger partial charge in [-0.05, 0) is 39.7 Å². The van der Waals surface area contributed by atoms with E-state index < -0.39 is 0 Å². The summed E-state index contributed by atoms with van der Waals surface area (Å²) in [5, 5.41) is 6.92. The molecule has 0 saturated heterocycles. The van der Waals surface area contributed by atoms with E-state index in [1.807, 2.05) is 18.3 Å². The van der Waals surface area contributed by atoms with Crippen LogP contribution in [0, 0.1) is 5.82 Å². The van der Waals surface area contributed by atoms with Crippen LogP contribution in [0.4, 0.5) is 4.39 Å². The Morgan fingerprint density at radius 3 is 2.58 bits per heavy atom. The first-order valence-corrected chi connectivity index (χ1v) is 8.19. The Balaban J connectivity index is 1.60. The van der Waals surface area contributed by atoms with Gasteiger partial charge in [-0.25, -0.2) is 4.39 Å². The third-order valence-corrected chi connectivity index (χ3v) is 3.97. The predicted molar refractivity (Wildman–Crippen MR) is 93.0 cm³/mol. The standard InChI is InChI=1S/C18H15BrFN3O/c19-16-10-22-23(12-16)11-13-5-7-14(8-6-13)18(24)21-9-15-3-1-2-4-17(15)20/h1-8,10,12H,9,11H2,(H,21,24). The van der Waals surface area contributed by atoms with Gasteiger partial charge in [-0.1, -0.05) is 30.3 Å². The maximum Gasteiger partial charge on any atom is 0.251 e. The van der Waals surface area contributed by atoms with Crippen molar-refractivity contribution in [1.82, 2.24) is 15.1 Å². The van der Waals surface area contributed by atoms with Crippen LogP contribution in [0.15, 0.2) is 65.4 Å². The third-order valence-electron chi connectivity index (χ3n) is 3.56. The Morgan fingerprint density at radius 2 is 1.92 bits per heavy atom. The van der Waals surface area contributed by atoms with Crippen molar-refractivity contribution in [3.63, 3.8) is 0 Å². The Hall–Kier alpha value is -2.47. The number of carbonyl (C=O) groups is 1. The molecule has 0 spiro atoms. The van der Waals surface area contributed by atoms with Gasteiger partial charge in [-0.2, -0.15) is 5.10 Å². The lowest BCUT2D eigenvalue weighted by Gasteiger charge is -2.07. The summed E-state index contributed by atoms with van der Waals surface area (Å²) in [4.78, 5) is 12.1. The molecule has 1 amide bonds. The number of benzene rings is 2. The van der Waals surface area contributed by atoms with Gasteiger partial charge in [-0.15, -0.1) is 0 Å². The predicted octanol–water partition coefficient (Wildman–Crippen LogP) is 3.76. The molecule has 1 aromatic heterocycles. The molecule has 0 atom stereocenters. The number of nitrogens with zero attached hydrogens (tertiary/aromatic N) is 2. The van der Waals surface area contributed by atoms with E-state index in [-0.39, 0.29) is 18.3 Å². The average molecular weight is 388 g/mol. The van der Waals surface area contributed by atoms with E-state index in [0.717, 1.165) is 10.0 Å². The molecule has 0 bridgehead atoms. The molecule has 0 aliphatic carbocycles. The van der Waals surface area contributed by atoms with E-state index in [0.29, 0.717) is 17.7 Å². The smallest absolute Gasteiger partial charge is 0.251 e. The minimum Gasteiger partial charge on any atom is -0.348 e. The fourth-order valence-electron chi connectivity index (χ4n) is 2.29. The van der Waals surface area contributed by atoms with Crippen molar-refractivity contribution < 1.29 is 9.18 Å². The first kappa shape index (κ1) is 16.4. The van der Waals surface area contributed by atoms with Crippen LogP contribution in [-0.4, -0.2) is 15.7 Å². The summed E-state index contributed by atoms with van der Waals surface area (Å²) in [6.07, 6.45) is 3.61. The van der Waals surface area contributed by atoms with Gasteiger partial charge in [0.15, 0.2) is 0 Å². The second kappa shape index (κ2) is 7.40. The van der Waals surface area contributed by atoms with Crippen LogP contribution in [0.25, 0.3) is 0 Å². The van der Waals surface area contributed by atoms with Crippen LogP contribution in [0.3, 0.4) is 0 Å².